The van der Waals surface area contributed by atoms with Crippen LogP contribution in [0.25, 0.3) is 0 Å². The maximum absolute atomic E-state index is 11.2. The van der Waals surface area contributed by atoms with Crippen LogP contribution in [0, 0.1) is 5.92 Å². The SMILES string of the molecule is CCOC(=O)C(C)C1(S(=O)[O-])CC1. The zero-order valence-corrected chi connectivity index (χ0v) is 8.56. The first-order valence-corrected chi connectivity index (χ1v) is 5.38. The molecule has 1 fully saturated rings. The fraction of sp³-hybridized carbons (Fsp3) is 0.875. The predicted molar refractivity (Wildman–Crippen MR) is 46.7 cm³/mol. The van der Waals surface area contributed by atoms with Crippen LogP contribution in [0.15, 0.2) is 0 Å². The Kier molecular flexibility index (Phi) is 3.08. The Labute approximate surface area is 79.9 Å². The van der Waals surface area contributed by atoms with Crippen molar-refractivity contribution in [3.8, 4) is 0 Å². The average Bonchev–Trinajstić information content (AvgIpc) is 2.83. The van der Waals surface area contributed by atoms with Crippen LogP contribution < -0.4 is 0 Å². The Morgan fingerprint density at radius 1 is 1.69 bits per heavy atom. The van der Waals surface area contributed by atoms with E-state index in [4.69, 9.17) is 4.74 Å². The minimum atomic E-state index is -2.17. The van der Waals surface area contributed by atoms with Crippen molar-refractivity contribution in [1.82, 2.24) is 0 Å². The summed E-state index contributed by atoms with van der Waals surface area (Å²) in [6.45, 7) is 3.61. The summed E-state index contributed by atoms with van der Waals surface area (Å²) in [5, 5.41) is 0. The van der Waals surface area contributed by atoms with Crippen molar-refractivity contribution < 1.29 is 18.3 Å². The molecule has 0 aromatic heterocycles. The Balaban J connectivity index is 2.62. The third-order valence-electron chi connectivity index (χ3n) is 2.50. The summed E-state index contributed by atoms with van der Waals surface area (Å²) >= 11 is -2.17. The molecule has 0 saturated heterocycles. The molecule has 0 aromatic rings. The van der Waals surface area contributed by atoms with E-state index in [-0.39, 0.29) is 0 Å². The number of ether oxygens (including phenoxy) is 1. The predicted octanol–water partition coefficient (Wildman–Crippen LogP) is 0.597. The van der Waals surface area contributed by atoms with Gasteiger partial charge in [-0.25, -0.2) is 0 Å². The lowest BCUT2D eigenvalue weighted by molar-refractivity contribution is -0.147. The molecule has 0 spiro atoms. The van der Waals surface area contributed by atoms with E-state index < -0.39 is 27.7 Å². The highest BCUT2D eigenvalue weighted by molar-refractivity contribution is 7.81. The molecule has 13 heavy (non-hydrogen) atoms. The van der Waals surface area contributed by atoms with E-state index in [9.17, 15) is 13.6 Å². The minimum Gasteiger partial charge on any atom is -0.772 e. The van der Waals surface area contributed by atoms with Gasteiger partial charge in [0.1, 0.15) is 0 Å². The van der Waals surface area contributed by atoms with Gasteiger partial charge in [0, 0.05) is 4.75 Å². The van der Waals surface area contributed by atoms with Gasteiger partial charge in [0.25, 0.3) is 0 Å². The van der Waals surface area contributed by atoms with Gasteiger partial charge in [0.15, 0.2) is 0 Å². The Morgan fingerprint density at radius 3 is 2.54 bits per heavy atom. The van der Waals surface area contributed by atoms with Gasteiger partial charge in [0.2, 0.25) is 0 Å². The van der Waals surface area contributed by atoms with Crippen LogP contribution in [-0.4, -0.2) is 26.1 Å². The molecular weight excluding hydrogens is 192 g/mol. The maximum atomic E-state index is 11.2. The molecule has 0 N–H and O–H groups in total. The summed E-state index contributed by atoms with van der Waals surface area (Å²) in [7, 11) is 0. The molecule has 1 aliphatic carbocycles. The normalized spacial score (nSPS) is 23.3. The third-order valence-corrected chi connectivity index (χ3v) is 3.93. The van der Waals surface area contributed by atoms with Crippen molar-refractivity contribution >= 4 is 17.0 Å². The summed E-state index contributed by atoms with van der Waals surface area (Å²) < 4.78 is 25.6. The van der Waals surface area contributed by atoms with Crippen molar-refractivity contribution in [3.05, 3.63) is 0 Å². The number of rotatable bonds is 4. The minimum absolute atomic E-state index is 0.296. The van der Waals surface area contributed by atoms with Gasteiger partial charge >= 0.3 is 5.97 Å². The van der Waals surface area contributed by atoms with Crippen LogP contribution in [0.2, 0.25) is 0 Å². The maximum Gasteiger partial charge on any atom is 0.310 e. The van der Waals surface area contributed by atoms with E-state index in [1.54, 1.807) is 13.8 Å². The van der Waals surface area contributed by atoms with Gasteiger partial charge in [-0.2, -0.15) is 0 Å². The Morgan fingerprint density at radius 2 is 2.23 bits per heavy atom. The van der Waals surface area contributed by atoms with Gasteiger partial charge < -0.3 is 9.29 Å². The van der Waals surface area contributed by atoms with Crippen molar-refractivity contribution in [1.29, 1.82) is 0 Å². The zero-order valence-electron chi connectivity index (χ0n) is 7.74. The molecule has 0 aromatic carbocycles. The highest BCUT2D eigenvalue weighted by atomic mass is 32.2. The Hall–Kier alpha value is -0.420. The smallest absolute Gasteiger partial charge is 0.310 e. The first-order valence-electron chi connectivity index (χ1n) is 4.30. The number of carbonyl (C=O) groups is 1. The third kappa shape index (κ3) is 1.91. The Bertz CT molecular complexity index is 234. The summed E-state index contributed by atoms with van der Waals surface area (Å²) in [5.74, 6) is -0.949. The molecule has 0 aliphatic heterocycles. The molecule has 0 radical (unpaired) electrons. The van der Waals surface area contributed by atoms with E-state index in [1.807, 2.05) is 0 Å². The van der Waals surface area contributed by atoms with E-state index in [0.29, 0.717) is 19.4 Å². The quantitative estimate of drug-likeness (QED) is 0.498. The number of esters is 1. The van der Waals surface area contributed by atoms with E-state index in [1.165, 1.54) is 0 Å². The van der Waals surface area contributed by atoms with Gasteiger partial charge in [-0.3, -0.25) is 9.00 Å². The van der Waals surface area contributed by atoms with Gasteiger partial charge in [-0.1, -0.05) is 6.92 Å². The van der Waals surface area contributed by atoms with Gasteiger partial charge in [-0.15, -0.1) is 0 Å². The molecule has 0 heterocycles. The first-order chi connectivity index (χ1) is 6.04. The second-order valence-electron chi connectivity index (χ2n) is 3.27. The number of hydrogen-bond donors (Lipinski definition) is 0. The lowest BCUT2D eigenvalue weighted by Gasteiger charge is -2.23. The summed E-state index contributed by atoms with van der Waals surface area (Å²) in [5.41, 5.74) is 0. The second kappa shape index (κ2) is 3.75. The van der Waals surface area contributed by atoms with E-state index >= 15 is 0 Å². The summed E-state index contributed by atoms with van der Waals surface area (Å²) in [6, 6.07) is 0. The molecule has 5 heteroatoms. The van der Waals surface area contributed by atoms with Crippen LogP contribution in [0.3, 0.4) is 0 Å². The van der Waals surface area contributed by atoms with Crippen molar-refractivity contribution in [3.63, 3.8) is 0 Å². The molecule has 1 saturated carbocycles. The lowest BCUT2D eigenvalue weighted by Crippen LogP contribution is -2.32. The zero-order chi connectivity index (χ0) is 10.1. The highest BCUT2D eigenvalue weighted by Gasteiger charge is 2.52. The van der Waals surface area contributed by atoms with E-state index in [0.717, 1.165) is 0 Å². The summed E-state index contributed by atoms with van der Waals surface area (Å²) in [6.07, 6.45) is 1.15. The van der Waals surface area contributed by atoms with Crippen molar-refractivity contribution in [2.24, 2.45) is 5.92 Å². The number of carbonyl (C=O) groups excluding carboxylic acids is 1. The molecule has 0 amide bonds. The van der Waals surface area contributed by atoms with Crippen LogP contribution in [0.5, 0.6) is 0 Å². The van der Waals surface area contributed by atoms with Crippen LogP contribution in [-0.2, 0) is 20.6 Å². The fourth-order valence-electron chi connectivity index (χ4n) is 1.35. The average molecular weight is 205 g/mol. The van der Waals surface area contributed by atoms with Crippen LogP contribution in [0.4, 0.5) is 0 Å². The van der Waals surface area contributed by atoms with E-state index in [2.05, 4.69) is 0 Å². The standard InChI is InChI=1S/C8H14O4S/c1-3-12-7(9)6(2)8(4-5-8)13(10)11/h6H,3-5H2,1-2H3,(H,10,11)/p-1. The van der Waals surface area contributed by atoms with Crippen molar-refractivity contribution in [2.45, 2.75) is 31.4 Å². The number of hydrogen-bond acceptors (Lipinski definition) is 4. The van der Waals surface area contributed by atoms with Crippen LogP contribution >= 0.6 is 0 Å². The molecule has 1 rings (SSSR count). The van der Waals surface area contributed by atoms with Crippen LogP contribution in [0.1, 0.15) is 26.7 Å². The molecule has 4 nitrogen and oxygen atoms in total. The van der Waals surface area contributed by atoms with Gasteiger partial charge in [-0.05, 0) is 30.8 Å². The monoisotopic (exact) mass is 205 g/mol. The topological polar surface area (TPSA) is 66.4 Å². The molecule has 1 aliphatic rings. The molecule has 2 atom stereocenters. The van der Waals surface area contributed by atoms with Gasteiger partial charge in [0.05, 0.1) is 12.5 Å². The molecule has 76 valence electrons. The fourth-order valence-corrected chi connectivity index (χ4v) is 2.17. The molecule has 2 unspecified atom stereocenters. The second-order valence-corrected chi connectivity index (χ2v) is 4.56. The highest BCUT2D eigenvalue weighted by Crippen LogP contribution is 2.47. The first kappa shape index (κ1) is 10.7. The molecular formula is C8H13O4S-. The van der Waals surface area contributed by atoms with Crippen molar-refractivity contribution in [2.75, 3.05) is 6.61 Å². The largest absolute Gasteiger partial charge is 0.772 e. The molecule has 0 bridgehead atoms. The summed E-state index contributed by atoms with van der Waals surface area (Å²) in [4.78, 5) is 11.2. The lowest BCUT2D eigenvalue weighted by atomic mass is 10.1.